The van der Waals surface area contributed by atoms with Gasteiger partial charge in [0, 0.05) is 6.07 Å². The number of anilines is 1. The Morgan fingerprint density at radius 2 is 2.00 bits per heavy atom. The Hall–Kier alpha value is -1.42. The highest BCUT2D eigenvalue weighted by Crippen LogP contribution is 2.28. The van der Waals surface area contributed by atoms with Gasteiger partial charge in [0.2, 0.25) is 0 Å². The molecule has 0 aliphatic heterocycles. The van der Waals surface area contributed by atoms with Crippen LogP contribution in [0.3, 0.4) is 0 Å². The normalized spacial score (nSPS) is 12.0. The lowest BCUT2D eigenvalue weighted by molar-refractivity contribution is 0.223. The van der Waals surface area contributed by atoms with Crippen molar-refractivity contribution in [1.29, 1.82) is 0 Å². The number of methoxy groups -OCH3 is 2. The van der Waals surface area contributed by atoms with E-state index in [0.29, 0.717) is 17.2 Å². The number of aliphatic hydroxyl groups excluding tert-OH is 1. The molecule has 0 fully saturated rings. The van der Waals surface area contributed by atoms with E-state index in [0.717, 1.165) is 0 Å². The van der Waals surface area contributed by atoms with Crippen LogP contribution in [-0.2, 0) is 0 Å². The predicted molar refractivity (Wildman–Crippen MR) is 54.8 cm³/mol. The molecule has 0 heterocycles. The van der Waals surface area contributed by atoms with Gasteiger partial charge in [0.1, 0.15) is 17.7 Å². The van der Waals surface area contributed by atoms with Gasteiger partial charge in [-0.15, -0.1) is 0 Å². The van der Waals surface area contributed by atoms with Crippen molar-refractivity contribution in [3.05, 3.63) is 18.2 Å². The average Bonchev–Trinajstić information content (AvgIpc) is 2.16. The second-order valence-corrected chi connectivity index (χ2v) is 2.89. The minimum atomic E-state index is -0.629. The topological polar surface area (TPSA) is 50.7 Å². The zero-order valence-corrected chi connectivity index (χ0v) is 8.57. The first-order valence-corrected chi connectivity index (χ1v) is 4.34. The fraction of sp³-hybridized carbons (Fsp3) is 0.400. The van der Waals surface area contributed by atoms with E-state index in [1.165, 1.54) is 0 Å². The number of ether oxygens (including phenoxy) is 2. The molecule has 1 unspecified atom stereocenters. The Balaban J connectivity index is 2.96. The van der Waals surface area contributed by atoms with E-state index in [2.05, 4.69) is 5.32 Å². The number of aliphatic hydroxyl groups is 1. The molecule has 78 valence electrons. The van der Waals surface area contributed by atoms with Gasteiger partial charge in [-0.1, -0.05) is 0 Å². The number of benzene rings is 1. The van der Waals surface area contributed by atoms with Crippen LogP contribution in [0.4, 0.5) is 5.69 Å². The van der Waals surface area contributed by atoms with Gasteiger partial charge in [0.25, 0.3) is 0 Å². The highest BCUT2D eigenvalue weighted by molar-refractivity contribution is 5.59. The van der Waals surface area contributed by atoms with Gasteiger partial charge in [-0.2, -0.15) is 0 Å². The van der Waals surface area contributed by atoms with Gasteiger partial charge >= 0.3 is 0 Å². The van der Waals surface area contributed by atoms with Crippen LogP contribution in [0.15, 0.2) is 18.2 Å². The highest BCUT2D eigenvalue weighted by atomic mass is 16.5. The smallest absolute Gasteiger partial charge is 0.142 e. The molecule has 1 aromatic carbocycles. The second kappa shape index (κ2) is 4.72. The van der Waals surface area contributed by atoms with Crippen LogP contribution in [0.5, 0.6) is 11.5 Å². The van der Waals surface area contributed by atoms with Crippen molar-refractivity contribution in [2.24, 2.45) is 0 Å². The molecule has 0 amide bonds. The Labute approximate surface area is 83.5 Å². The van der Waals surface area contributed by atoms with E-state index in [9.17, 15) is 5.11 Å². The minimum absolute atomic E-state index is 0.629. The number of nitrogens with one attached hydrogen (secondary N) is 1. The number of hydrogen-bond acceptors (Lipinski definition) is 4. The van der Waals surface area contributed by atoms with Crippen molar-refractivity contribution in [1.82, 2.24) is 0 Å². The number of hydrogen-bond donors (Lipinski definition) is 2. The van der Waals surface area contributed by atoms with Crippen LogP contribution in [0.2, 0.25) is 0 Å². The van der Waals surface area contributed by atoms with Crippen LogP contribution < -0.4 is 14.8 Å². The molecule has 1 aromatic rings. The Morgan fingerprint density at radius 3 is 2.50 bits per heavy atom. The molecule has 1 atom stereocenters. The summed E-state index contributed by atoms with van der Waals surface area (Å²) in [6.07, 6.45) is -0.629. The van der Waals surface area contributed by atoms with Crippen molar-refractivity contribution in [3.8, 4) is 11.5 Å². The van der Waals surface area contributed by atoms with Crippen LogP contribution >= 0.6 is 0 Å². The standard InChI is InChI=1S/C10H15NO3/c1-7(12)11-9-6-8(13-2)4-5-10(9)14-3/h4-7,11-12H,1-3H3. The first-order valence-electron chi connectivity index (χ1n) is 4.34. The van der Waals surface area contributed by atoms with Crippen molar-refractivity contribution < 1.29 is 14.6 Å². The average molecular weight is 197 g/mol. The third-order valence-corrected chi connectivity index (χ3v) is 1.77. The van der Waals surface area contributed by atoms with E-state index in [-0.39, 0.29) is 0 Å². The minimum Gasteiger partial charge on any atom is -0.497 e. The summed E-state index contributed by atoms with van der Waals surface area (Å²) in [6, 6.07) is 5.35. The Morgan fingerprint density at radius 1 is 1.29 bits per heavy atom. The van der Waals surface area contributed by atoms with Crippen molar-refractivity contribution in [2.45, 2.75) is 13.2 Å². The van der Waals surface area contributed by atoms with Crippen molar-refractivity contribution in [3.63, 3.8) is 0 Å². The summed E-state index contributed by atoms with van der Waals surface area (Å²) in [5.41, 5.74) is 0.710. The van der Waals surface area contributed by atoms with Crippen LogP contribution in [0, 0.1) is 0 Å². The lowest BCUT2D eigenvalue weighted by Gasteiger charge is -2.14. The van der Waals surface area contributed by atoms with E-state index >= 15 is 0 Å². The molecule has 4 nitrogen and oxygen atoms in total. The summed E-state index contributed by atoms with van der Waals surface area (Å²) in [6.45, 7) is 1.64. The molecule has 2 N–H and O–H groups in total. The monoisotopic (exact) mass is 197 g/mol. The molecule has 0 aliphatic rings. The van der Waals surface area contributed by atoms with Gasteiger partial charge in [-0.25, -0.2) is 0 Å². The molecule has 0 radical (unpaired) electrons. The summed E-state index contributed by atoms with van der Waals surface area (Å²) < 4.78 is 10.2. The summed E-state index contributed by atoms with van der Waals surface area (Å²) in [4.78, 5) is 0. The summed E-state index contributed by atoms with van der Waals surface area (Å²) in [5, 5.41) is 12.0. The molecule has 0 spiro atoms. The van der Waals surface area contributed by atoms with E-state index in [4.69, 9.17) is 9.47 Å². The molecular formula is C10H15NO3. The fourth-order valence-electron chi connectivity index (χ4n) is 1.15. The molecule has 1 rings (SSSR count). The first kappa shape index (κ1) is 10.7. The van der Waals surface area contributed by atoms with E-state index in [1.807, 2.05) is 0 Å². The maximum absolute atomic E-state index is 9.18. The lowest BCUT2D eigenvalue weighted by atomic mass is 10.2. The van der Waals surface area contributed by atoms with Gasteiger partial charge in [0.15, 0.2) is 0 Å². The molecule has 0 saturated carbocycles. The quantitative estimate of drug-likeness (QED) is 0.717. The van der Waals surface area contributed by atoms with Crippen LogP contribution in [0.1, 0.15) is 6.92 Å². The van der Waals surface area contributed by atoms with Crippen LogP contribution in [0.25, 0.3) is 0 Å². The van der Waals surface area contributed by atoms with E-state index < -0.39 is 6.23 Å². The van der Waals surface area contributed by atoms with Crippen molar-refractivity contribution >= 4 is 5.69 Å². The largest absolute Gasteiger partial charge is 0.497 e. The fourth-order valence-corrected chi connectivity index (χ4v) is 1.15. The third-order valence-electron chi connectivity index (χ3n) is 1.77. The van der Waals surface area contributed by atoms with Gasteiger partial charge < -0.3 is 19.9 Å². The van der Waals surface area contributed by atoms with Crippen molar-refractivity contribution in [2.75, 3.05) is 19.5 Å². The highest BCUT2D eigenvalue weighted by Gasteiger charge is 2.05. The van der Waals surface area contributed by atoms with Gasteiger partial charge in [-0.05, 0) is 19.1 Å². The first-order chi connectivity index (χ1) is 6.67. The number of rotatable bonds is 4. The second-order valence-electron chi connectivity index (χ2n) is 2.89. The molecule has 14 heavy (non-hydrogen) atoms. The van der Waals surface area contributed by atoms with Gasteiger partial charge in [0.05, 0.1) is 19.9 Å². The van der Waals surface area contributed by atoms with Crippen LogP contribution in [-0.4, -0.2) is 25.6 Å². The molecule has 0 saturated heterocycles. The maximum atomic E-state index is 9.18. The molecular weight excluding hydrogens is 182 g/mol. The molecule has 4 heteroatoms. The summed E-state index contributed by atoms with van der Waals surface area (Å²) in [7, 11) is 3.17. The molecule has 0 aromatic heterocycles. The third kappa shape index (κ3) is 2.53. The summed E-state index contributed by atoms with van der Waals surface area (Å²) in [5.74, 6) is 1.39. The molecule has 0 aliphatic carbocycles. The molecule has 0 bridgehead atoms. The van der Waals surface area contributed by atoms with E-state index in [1.54, 1.807) is 39.3 Å². The zero-order chi connectivity index (χ0) is 10.6. The summed E-state index contributed by atoms with van der Waals surface area (Å²) >= 11 is 0. The zero-order valence-electron chi connectivity index (χ0n) is 8.57. The SMILES string of the molecule is COc1ccc(OC)c(NC(C)O)c1. The lowest BCUT2D eigenvalue weighted by Crippen LogP contribution is -2.14. The Bertz CT molecular complexity index is 299. The predicted octanol–water partition coefficient (Wildman–Crippen LogP) is 1.45. The van der Waals surface area contributed by atoms with Gasteiger partial charge in [-0.3, -0.25) is 0 Å². The Kier molecular flexibility index (Phi) is 3.59. The maximum Gasteiger partial charge on any atom is 0.142 e.